The number of hydrogen-bond acceptors (Lipinski definition) is 3. The minimum atomic E-state index is -0.253. The van der Waals surface area contributed by atoms with Gasteiger partial charge in [-0.3, -0.25) is 0 Å². The van der Waals surface area contributed by atoms with Gasteiger partial charge in [-0.25, -0.2) is 0 Å². The van der Waals surface area contributed by atoms with Gasteiger partial charge in [0, 0.05) is 11.5 Å². The molecule has 4 heteroatoms. The fourth-order valence-electron chi connectivity index (χ4n) is 1.68. The van der Waals surface area contributed by atoms with Gasteiger partial charge in [-0.2, -0.15) is 0 Å². The molecule has 0 fully saturated rings. The normalized spacial score (nSPS) is 15.5. The van der Waals surface area contributed by atoms with Crippen LogP contribution in [0.1, 0.15) is 47.5 Å². The maximum atomic E-state index is 8.66. The molecule has 0 spiro atoms. The first kappa shape index (κ1) is 15.2. The summed E-state index contributed by atoms with van der Waals surface area (Å²) in [5.74, 6) is 0.934. The van der Waals surface area contributed by atoms with Crippen molar-refractivity contribution in [2.45, 2.75) is 53.5 Å². The predicted octanol–water partition coefficient (Wildman–Crippen LogP) is 2.17. The Morgan fingerprint density at radius 3 is 2.38 bits per heavy atom. The van der Waals surface area contributed by atoms with E-state index >= 15 is 0 Å². The van der Waals surface area contributed by atoms with Crippen molar-refractivity contribution >= 4 is 5.84 Å². The van der Waals surface area contributed by atoms with Gasteiger partial charge < -0.3 is 16.3 Å². The van der Waals surface area contributed by atoms with E-state index in [9.17, 15) is 0 Å². The van der Waals surface area contributed by atoms with Crippen LogP contribution in [-0.4, -0.2) is 23.6 Å². The monoisotopic (exact) mass is 229 g/mol. The fraction of sp³-hybridized carbons (Fsp3) is 0.917. The van der Waals surface area contributed by atoms with Gasteiger partial charge in [0.15, 0.2) is 0 Å². The van der Waals surface area contributed by atoms with Crippen LogP contribution < -0.4 is 11.1 Å². The lowest BCUT2D eigenvalue weighted by Gasteiger charge is -2.26. The molecular weight excluding hydrogens is 202 g/mol. The number of nitrogens with zero attached hydrogens (tertiary/aromatic N) is 1. The topological polar surface area (TPSA) is 70.6 Å². The Morgan fingerprint density at radius 2 is 2.00 bits per heavy atom. The summed E-state index contributed by atoms with van der Waals surface area (Å²) in [6.45, 7) is 11.5. The predicted molar refractivity (Wildman–Crippen MR) is 68.7 cm³/mol. The first-order valence-electron chi connectivity index (χ1n) is 6.06. The lowest BCUT2D eigenvalue weighted by Crippen LogP contribution is -2.39. The zero-order valence-corrected chi connectivity index (χ0v) is 11.2. The van der Waals surface area contributed by atoms with Crippen molar-refractivity contribution in [2.24, 2.45) is 22.2 Å². The summed E-state index contributed by atoms with van der Waals surface area (Å²) in [6, 6.07) is 0.545. The molecule has 0 bridgehead atoms. The van der Waals surface area contributed by atoms with E-state index in [0.717, 1.165) is 19.4 Å². The molecule has 0 amide bonds. The summed E-state index contributed by atoms with van der Waals surface area (Å²) < 4.78 is 0. The highest BCUT2D eigenvalue weighted by atomic mass is 16.4. The van der Waals surface area contributed by atoms with Gasteiger partial charge in [0.25, 0.3) is 0 Å². The largest absolute Gasteiger partial charge is 0.409 e. The second kappa shape index (κ2) is 6.74. The molecule has 96 valence electrons. The van der Waals surface area contributed by atoms with E-state index in [1.807, 2.05) is 13.8 Å². The van der Waals surface area contributed by atoms with Crippen LogP contribution in [0.25, 0.3) is 0 Å². The number of oxime groups is 1. The Hall–Kier alpha value is -0.770. The van der Waals surface area contributed by atoms with Crippen LogP contribution in [-0.2, 0) is 0 Å². The highest BCUT2D eigenvalue weighted by molar-refractivity contribution is 5.85. The average Bonchev–Trinajstić information content (AvgIpc) is 2.22. The second-order valence-electron chi connectivity index (χ2n) is 5.33. The van der Waals surface area contributed by atoms with E-state index in [1.54, 1.807) is 0 Å². The Labute approximate surface area is 99.3 Å². The molecule has 0 aromatic heterocycles. The smallest absolute Gasteiger partial charge is 0.144 e. The third kappa shape index (κ3) is 4.84. The summed E-state index contributed by atoms with van der Waals surface area (Å²) in [5, 5.41) is 15.2. The van der Waals surface area contributed by atoms with Gasteiger partial charge >= 0.3 is 0 Å². The molecule has 0 radical (unpaired) electrons. The number of nitrogens with one attached hydrogen (secondary N) is 1. The molecule has 0 aromatic rings. The summed E-state index contributed by atoms with van der Waals surface area (Å²) in [4.78, 5) is 0. The van der Waals surface area contributed by atoms with Gasteiger partial charge in [0.2, 0.25) is 0 Å². The Kier molecular flexibility index (Phi) is 6.41. The Bertz CT molecular complexity index is 224. The number of hydrogen-bond donors (Lipinski definition) is 3. The molecule has 0 heterocycles. The highest BCUT2D eigenvalue weighted by Gasteiger charge is 2.23. The zero-order valence-electron chi connectivity index (χ0n) is 11.2. The van der Waals surface area contributed by atoms with Gasteiger partial charge in [-0.05, 0) is 25.3 Å². The molecule has 0 aliphatic heterocycles. The molecule has 4 nitrogen and oxygen atoms in total. The van der Waals surface area contributed by atoms with Gasteiger partial charge in [-0.1, -0.05) is 39.8 Å². The van der Waals surface area contributed by atoms with Crippen LogP contribution in [0.4, 0.5) is 0 Å². The molecule has 0 rings (SSSR count). The molecule has 1 atom stereocenters. The fourth-order valence-corrected chi connectivity index (χ4v) is 1.68. The molecule has 16 heavy (non-hydrogen) atoms. The van der Waals surface area contributed by atoms with Crippen LogP contribution in [0.2, 0.25) is 0 Å². The first-order valence-corrected chi connectivity index (χ1v) is 6.06. The van der Waals surface area contributed by atoms with Crippen molar-refractivity contribution in [1.82, 2.24) is 5.32 Å². The molecule has 0 saturated carbocycles. The summed E-state index contributed by atoms with van der Waals surface area (Å²) in [6.07, 6.45) is 1.99. The standard InChI is InChI=1S/C12H27N3O/c1-6-10(9(2)3)14-8-7-12(4,5)11(13)15-16/h9-10,14,16H,6-8H2,1-5H3,(H2,13,15). The van der Waals surface area contributed by atoms with Crippen molar-refractivity contribution in [1.29, 1.82) is 0 Å². The van der Waals surface area contributed by atoms with Crippen molar-refractivity contribution in [3.05, 3.63) is 0 Å². The zero-order chi connectivity index (χ0) is 12.8. The summed E-state index contributed by atoms with van der Waals surface area (Å²) in [5.41, 5.74) is 5.38. The Morgan fingerprint density at radius 1 is 1.44 bits per heavy atom. The van der Waals surface area contributed by atoms with Crippen LogP contribution in [0.5, 0.6) is 0 Å². The van der Waals surface area contributed by atoms with Crippen molar-refractivity contribution in [2.75, 3.05) is 6.54 Å². The SMILES string of the molecule is CCC(NCCC(C)(C)C(N)=NO)C(C)C. The highest BCUT2D eigenvalue weighted by Crippen LogP contribution is 2.19. The average molecular weight is 229 g/mol. The van der Waals surface area contributed by atoms with E-state index in [0.29, 0.717) is 17.8 Å². The van der Waals surface area contributed by atoms with Crippen LogP contribution in [0, 0.1) is 11.3 Å². The Balaban J connectivity index is 4.06. The van der Waals surface area contributed by atoms with Gasteiger partial charge in [0.05, 0.1) is 0 Å². The van der Waals surface area contributed by atoms with Crippen molar-refractivity contribution < 1.29 is 5.21 Å². The molecule has 1 unspecified atom stereocenters. The van der Waals surface area contributed by atoms with Gasteiger partial charge in [-0.15, -0.1) is 0 Å². The van der Waals surface area contributed by atoms with Crippen molar-refractivity contribution in [3.63, 3.8) is 0 Å². The lowest BCUT2D eigenvalue weighted by molar-refractivity contribution is 0.302. The molecule has 0 aromatic carbocycles. The lowest BCUT2D eigenvalue weighted by atomic mass is 9.88. The van der Waals surface area contributed by atoms with Crippen molar-refractivity contribution in [3.8, 4) is 0 Å². The molecule has 4 N–H and O–H groups in total. The first-order chi connectivity index (χ1) is 7.35. The molecule has 0 aliphatic carbocycles. The molecule has 0 saturated heterocycles. The third-order valence-corrected chi connectivity index (χ3v) is 3.20. The summed E-state index contributed by atoms with van der Waals surface area (Å²) in [7, 11) is 0. The molecule has 0 aliphatic rings. The summed E-state index contributed by atoms with van der Waals surface area (Å²) >= 11 is 0. The van der Waals surface area contributed by atoms with E-state index in [-0.39, 0.29) is 5.41 Å². The van der Waals surface area contributed by atoms with Gasteiger partial charge in [0.1, 0.15) is 5.84 Å². The minimum Gasteiger partial charge on any atom is -0.409 e. The molecular formula is C12H27N3O. The maximum absolute atomic E-state index is 8.66. The van der Waals surface area contributed by atoms with Crippen LogP contribution in [0.3, 0.4) is 0 Å². The van der Waals surface area contributed by atoms with Crippen LogP contribution >= 0.6 is 0 Å². The maximum Gasteiger partial charge on any atom is 0.144 e. The third-order valence-electron chi connectivity index (χ3n) is 3.20. The van der Waals surface area contributed by atoms with E-state index in [1.165, 1.54) is 0 Å². The van der Waals surface area contributed by atoms with E-state index < -0.39 is 0 Å². The second-order valence-corrected chi connectivity index (χ2v) is 5.33. The number of nitrogens with two attached hydrogens (primary N) is 1. The number of amidine groups is 1. The minimum absolute atomic E-state index is 0.253. The van der Waals surface area contributed by atoms with Crippen LogP contribution in [0.15, 0.2) is 5.16 Å². The van der Waals surface area contributed by atoms with E-state index in [4.69, 9.17) is 10.9 Å². The quantitative estimate of drug-likeness (QED) is 0.271. The number of rotatable bonds is 7. The van der Waals surface area contributed by atoms with E-state index in [2.05, 4.69) is 31.2 Å².